The van der Waals surface area contributed by atoms with Crippen molar-refractivity contribution < 1.29 is 19.3 Å². The fraction of sp³-hybridized carbons (Fsp3) is 0.571. The second-order valence-corrected chi connectivity index (χ2v) is 5.21. The van der Waals surface area contributed by atoms with E-state index in [1.54, 1.807) is 0 Å². The third-order valence-electron chi connectivity index (χ3n) is 2.94. The van der Waals surface area contributed by atoms with Crippen molar-refractivity contribution in [3.05, 3.63) is 29.3 Å². The van der Waals surface area contributed by atoms with Gasteiger partial charge < -0.3 is 14.7 Å². The molecule has 0 aliphatic carbocycles. The lowest BCUT2D eigenvalue weighted by molar-refractivity contribution is -0.110. The molecule has 0 radical (unpaired) electrons. The molecule has 19 heavy (non-hydrogen) atoms. The van der Waals surface area contributed by atoms with Crippen molar-refractivity contribution in [3.63, 3.8) is 0 Å². The molecule has 0 saturated carbocycles. The van der Waals surface area contributed by atoms with E-state index in [1.165, 1.54) is 18.4 Å². The van der Waals surface area contributed by atoms with Gasteiger partial charge in [0.1, 0.15) is 0 Å². The van der Waals surface area contributed by atoms with Crippen molar-refractivity contribution in [3.8, 4) is 5.75 Å². The zero-order valence-corrected chi connectivity index (χ0v) is 12.5. The molecule has 0 aromatic heterocycles. The molecular weight excluding hydrogens is 263 g/mol. The Morgan fingerprint density at radius 3 is 2.37 bits per heavy atom. The maximum absolute atomic E-state index is 8.72. The zero-order valence-electron chi connectivity index (χ0n) is 11.6. The summed E-state index contributed by atoms with van der Waals surface area (Å²) in [4.78, 5) is 22.4. The van der Waals surface area contributed by atoms with Gasteiger partial charge >= 0.3 is 8.60 Å². The molecule has 1 aromatic rings. The lowest BCUT2D eigenvalue weighted by atomic mass is 10.0. The van der Waals surface area contributed by atoms with E-state index in [0.717, 1.165) is 31.2 Å². The number of benzene rings is 1. The first kappa shape index (κ1) is 16.4. The predicted octanol–water partition coefficient (Wildman–Crippen LogP) is 3.89. The van der Waals surface area contributed by atoms with Crippen molar-refractivity contribution in [1.82, 2.24) is 0 Å². The molecule has 0 atom stereocenters. The van der Waals surface area contributed by atoms with Crippen LogP contribution in [-0.2, 0) is 17.5 Å². The normalized spacial score (nSPS) is 11.0. The summed E-state index contributed by atoms with van der Waals surface area (Å²) in [6, 6.07) is 5.97. The number of hydrogen-bond acceptors (Lipinski definition) is 4. The van der Waals surface area contributed by atoms with E-state index in [-0.39, 0.29) is 0 Å². The Balaban J connectivity index is 2.76. The monoisotopic (exact) mass is 286 g/mol. The van der Waals surface area contributed by atoms with Crippen LogP contribution >= 0.6 is 8.60 Å². The van der Waals surface area contributed by atoms with E-state index in [1.807, 2.05) is 12.1 Å². The summed E-state index contributed by atoms with van der Waals surface area (Å²) < 4.78 is 4.45. The highest BCUT2D eigenvalue weighted by atomic mass is 31.2. The van der Waals surface area contributed by atoms with Crippen molar-refractivity contribution in [2.24, 2.45) is 0 Å². The fourth-order valence-electron chi connectivity index (χ4n) is 1.89. The average molecular weight is 286 g/mol. The Kier molecular flexibility index (Phi) is 7.99. The molecule has 5 heteroatoms. The van der Waals surface area contributed by atoms with Gasteiger partial charge in [0.15, 0.2) is 5.75 Å². The molecule has 0 aliphatic rings. The molecule has 0 amide bonds. The third kappa shape index (κ3) is 6.35. The Morgan fingerprint density at radius 2 is 1.74 bits per heavy atom. The van der Waals surface area contributed by atoms with E-state index in [4.69, 9.17) is 14.7 Å². The minimum atomic E-state index is -2.49. The van der Waals surface area contributed by atoms with Crippen molar-refractivity contribution in [2.75, 3.05) is 0 Å². The van der Waals surface area contributed by atoms with E-state index >= 15 is 0 Å². The predicted molar refractivity (Wildman–Crippen MR) is 76.7 cm³/mol. The second-order valence-electron chi connectivity index (χ2n) is 4.56. The van der Waals surface area contributed by atoms with Crippen LogP contribution in [0.15, 0.2) is 18.2 Å². The largest absolute Gasteiger partial charge is 0.370 e. The van der Waals surface area contributed by atoms with E-state index in [2.05, 4.69) is 24.6 Å². The standard InChI is InChI=1S/C14H23O4P/c1-3-5-7-12-9-10-14(17-18-19(15)16)13(11-12)8-6-4-2/h9-11,15-16H,3-8H2,1-2H3. The van der Waals surface area contributed by atoms with Crippen LogP contribution in [0.4, 0.5) is 0 Å². The molecule has 0 bridgehead atoms. The summed E-state index contributed by atoms with van der Waals surface area (Å²) in [6.45, 7) is 4.31. The van der Waals surface area contributed by atoms with Crippen LogP contribution < -0.4 is 4.89 Å². The molecule has 0 aliphatic heterocycles. The maximum Gasteiger partial charge on any atom is 0.370 e. The van der Waals surface area contributed by atoms with Crippen molar-refractivity contribution in [2.45, 2.75) is 52.4 Å². The Labute approximate surface area is 116 Å². The summed E-state index contributed by atoms with van der Waals surface area (Å²) in [5.74, 6) is 0.573. The molecule has 0 spiro atoms. The van der Waals surface area contributed by atoms with Crippen LogP contribution in [0.1, 0.15) is 50.7 Å². The van der Waals surface area contributed by atoms with E-state index in [9.17, 15) is 0 Å². The summed E-state index contributed by atoms with van der Waals surface area (Å²) in [5.41, 5.74) is 2.35. The molecule has 4 nitrogen and oxygen atoms in total. The van der Waals surface area contributed by atoms with Crippen LogP contribution in [0.25, 0.3) is 0 Å². The van der Waals surface area contributed by atoms with Crippen LogP contribution in [0.5, 0.6) is 5.75 Å². The minimum Gasteiger partial charge on any atom is -0.329 e. The highest BCUT2D eigenvalue weighted by molar-refractivity contribution is 7.39. The van der Waals surface area contributed by atoms with Gasteiger partial charge in [0.05, 0.1) is 0 Å². The highest BCUT2D eigenvalue weighted by Gasteiger charge is 2.09. The molecule has 0 saturated heterocycles. The summed E-state index contributed by atoms with van der Waals surface area (Å²) in [6.07, 6.45) is 6.48. The first-order valence-electron chi connectivity index (χ1n) is 6.81. The van der Waals surface area contributed by atoms with Gasteiger partial charge in [0.2, 0.25) is 0 Å². The van der Waals surface area contributed by atoms with Crippen molar-refractivity contribution >= 4 is 8.60 Å². The van der Waals surface area contributed by atoms with Gasteiger partial charge in [-0.25, -0.2) is 0 Å². The molecule has 108 valence electrons. The van der Waals surface area contributed by atoms with Crippen LogP contribution in [0, 0.1) is 0 Å². The van der Waals surface area contributed by atoms with Gasteiger partial charge in [-0.15, -0.1) is 4.67 Å². The zero-order chi connectivity index (χ0) is 14.1. The van der Waals surface area contributed by atoms with Crippen LogP contribution in [0.2, 0.25) is 0 Å². The third-order valence-corrected chi connectivity index (χ3v) is 3.15. The summed E-state index contributed by atoms with van der Waals surface area (Å²) in [7, 11) is -2.49. The highest BCUT2D eigenvalue weighted by Crippen LogP contribution is 2.29. The van der Waals surface area contributed by atoms with Crippen LogP contribution in [-0.4, -0.2) is 9.79 Å². The molecule has 0 fully saturated rings. The first-order chi connectivity index (χ1) is 9.17. The molecule has 1 rings (SSSR count). The Morgan fingerprint density at radius 1 is 1.05 bits per heavy atom. The van der Waals surface area contributed by atoms with Gasteiger partial charge in [-0.2, -0.15) is 0 Å². The summed E-state index contributed by atoms with van der Waals surface area (Å²) in [5, 5.41) is 0. The molecule has 0 unspecified atom stereocenters. The molecular formula is C14H23O4P. The minimum absolute atomic E-state index is 0.573. The maximum atomic E-state index is 8.72. The Bertz CT molecular complexity index is 368. The smallest absolute Gasteiger partial charge is 0.329 e. The average Bonchev–Trinajstić information content (AvgIpc) is 2.41. The number of aryl methyl sites for hydroxylation is 2. The van der Waals surface area contributed by atoms with Gasteiger partial charge in [0, 0.05) is 0 Å². The second kappa shape index (κ2) is 9.27. The Hall–Kier alpha value is -0.670. The van der Waals surface area contributed by atoms with Gasteiger partial charge in [-0.1, -0.05) is 38.8 Å². The lowest BCUT2D eigenvalue weighted by Crippen LogP contribution is -1.98. The molecule has 0 heterocycles. The summed E-state index contributed by atoms with van der Waals surface area (Å²) >= 11 is 0. The molecule has 2 N–H and O–H groups in total. The lowest BCUT2D eigenvalue weighted by Gasteiger charge is -2.11. The van der Waals surface area contributed by atoms with Crippen LogP contribution in [0.3, 0.4) is 0 Å². The SMILES string of the molecule is CCCCc1ccc(OOP(O)O)c(CCCC)c1. The van der Waals surface area contributed by atoms with E-state index < -0.39 is 8.60 Å². The number of hydrogen-bond donors (Lipinski definition) is 2. The van der Waals surface area contributed by atoms with Gasteiger partial charge in [0.25, 0.3) is 0 Å². The van der Waals surface area contributed by atoms with Gasteiger partial charge in [-0.05, 0) is 42.9 Å². The fourth-order valence-corrected chi connectivity index (χ4v) is 2.03. The number of rotatable bonds is 9. The quantitative estimate of drug-likeness (QED) is 0.411. The van der Waals surface area contributed by atoms with Crippen molar-refractivity contribution in [1.29, 1.82) is 0 Å². The topological polar surface area (TPSA) is 58.9 Å². The molecule has 1 aromatic carbocycles. The number of unbranched alkanes of at least 4 members (excludes halogenated alkanes) is 2. The van der Waals surface area contributed by atoms with E-state index in [0.29, 0.717) is 5.75 Å². The first-order valence-corrected chi connectivity index (χ1v) is 7.98. The van der Waals surface area contributed by atoms with Gasteiger partial charge in [-0.3, -0.25) is 0 Å².